The fraction of sp³-hybridized carbons (Fsp3) is 0.792. The zero-order chi connectivity index (χ0) is 50.3. The summed E-state index contributed by atoms with van der Waals surface area (Å²) in [5, 5.41) is 20.9. The number of aliphatic hydroxyl groups is 2. The van der Waals surface area contributed by atoms with Gasteiger partial charge in [0.2, 0.25) is 0 Å². The van der Waals surface area contributed by atoms with Gasteiger partial charge in [0.05, 0.1) is 25.4 Å². The van der Waals surface area contributed by atoms with Crippen molar-refractivity contribution in [2.24, 2.45) is 0 Å². The number of rotatable bonds is 41. The summed E-state index contributed by atoms with van der Waals surface area (Å²) in [7, 11) is -10.9. The van der Waals surface area contributed by atoms with Crippen LogP contribution in [-0.4, -0.2) is 97.9 Å². The number of anilines is 1. The Morgan fingerprint density at radius 2 is 1.26 bits per heavy atom. The SMILES string of the molecule is CCCCC/C=C\CC1OC1CCCCCCCC(=O)O[C@H](COC(=O)CCCCCCCCC/C=C\CCCCCC)COP(=O)(O)OP(=O)(O)OC[C@H]1O[C@@H](n2ccc(N)nc2=O)[C@H](O)[C@@H]1O. The van der Waals surface area contributed by atoms with Crippen molar-refractivity contribution in [3.63, 3.8) is 0 Å². The van der Waals surface area contributed by atoms with Crippen LogP contribution in [-0.2, 0) is 51.0 Å². The quantitative estimate of drug-likeness (QED) is 0.0134. The third-order valence-corrected chi connectivity index (χ3v) is 14.5. The summed E-state index contributed by atoms with van der Waals surface area (Å²) in [5.41, 5.74) is 4.59. The van der Waals surface area contributed by atoms with Crippen LogP contribution in [0.1, 0.15) is 187 Å². The van der Waals surface area contributed by atoms with Crippen molar-refractivity contribution in [3.8, 4) is 0 Å². The van der Waals surface area contributed by atoms with Crippen LogP contribution in [0.2, 0.25) is 0 Å². The lowest BCUT2D eigenvalue weighted by Gasteiger charge is -2.21. The van der Waals surface area contributed by atoms with E-state index in [1.54, 1.807) is 0 Å². The summed E-state index contributed by atoms with van der Waals surface area (Å²) in [4.78, 5) is 61.9. The lowest BCUT2D eigenvalue weighted by Crippen LogP contribution is -2.36. The number of aliphatic hydroxyl groups excluding tert-OH is 2. The van der Waals surface area contributed by atoms with Gasteiger partial charge in [-0.25, -0.2) is 13.9 Å². The molecule has 2 aliphatic rings. The first kappa shape index (κ1) is 60.5. The van der Waals surface area contributed by atoms with Gasteiger partial charge in [0.25, 0.3) is 0 Å². The van der Waals surface area contributed by atoms with Gasteiger partial charge in [0.15, 0.2) is 12.3 Å². The van der Waals surface area contributed by atoms with Gasteiger partial charge in [0, 0.05) is 19.0 Å². The van der Waals surface area contributed by atoms with Gasteiger partial charge in [0.1, 0.15) is 30.7 Å². The molecule has 6 N–H and O–H groups in total. The van der Waals surface area contributed by atoms with Gasteiger partial charge in [-0.15, -0.1) is 0 Å². The first-order valence-electron chi connectivity index (χ1n) is 25.5. The molecular weight excluding hydrogens is 936 g/mol. The van der Waals surface area contributed by atoms with Crippen LogP contribution < -0.4 is 11.4 Å². The average molecular weight is 1020 g/mol. The Balaban J connectivity index is 1.40. The largest absolute Gasteiger partial charge is 0.481 e. The molecule has 1 aromatic heterocycles. The molecule has 0 amide bonds. The topological polar surface area (TPSA) is 278 Å². The second-order valence-corrected chi connectivity index (χ2v) is 21.1. The van der Waals surface area contributed by atoms with Crippen LogP contribution >= 0.6 is 15.6 Å². The summed E-state index contributed by atoms with van der Waals surface area (Å²) in [5.74, 6) is -1.32. The smallest absolute Gasteiger partial charge is 0.462 e. The second-order valence-electron chi connectivity index (χ2n) is 18.1. The molecule has 0 saturated carbocycles. The van der Waals surface area contributed by atoms with Crippen molar-refractivity contribution in [2.45, 2.75) is 224 Å². The van der Waals surface area contributed by atoms with E-state index in [1.807, 2.05) is 0 Å². The van der Waals surface area contributed by atoms with Gasteiger partial charge >= 0.3 is 33.3 Å². The first-order valence-corrected chi connectivity index (χ1v) is 28.5. The maximum atomic E-state index is 12.9. The predicted octanol–water partition coefficient (Wildman–Crippen LogP) is 9.21. The van der Waals surface area contributed by atoms with E-state index < -0.39 is 83.7 Å². The van der Waals surface area contributed by atoms with Gasteiger partial charge in [-0.3, -0.25) is 23.2 Å². The molecule has 396 valence electrons. The van der Waals surface area contributed by atoms with E-state index in [2.05, 4.69) is 47.4 Å². The molecule has 0 bridgehead atoms. The van der Waals surface area contributed by atoms with E-state index in [1.165, 1.54) is 51.0 Å². The van der Waals surface area contributed by atoms with Gasteiger partial charge in [-0.1, -0.05) is 128 Å². The molecule has 0 aliphatic carbocycles. The molecular formula is C48H83N3O16P2. The number of allylic oxidation sites excluding steroid dienone is 3. The van der Waals surface area contributed by atoms with Crippen molar-refractivity contribution in [2.75, 3.05) is 25.6 Å². The summed E-state index contributed by atoms with van der Waals surface area (Å²) in [6.07, 6.45) is 28.4. The third kappa shape index (κ3) is 27.0. The van der Waals surface area contributed by atoms with Crippen molar-refractivity contribution in [1.29, 1.82) is 0 Å². The van der Waals surface area contributed by atoms with Crippen molar-refractivity contribution in [1.82, 2.24) is 9.55 Å². The Morgan fingerprint density at radius 1 is 0.710 bits per heavy atom. The molecule has 9 atom stereocenters. The standard InChI is InChI=1S/C48H83N3O16P2/c1-3-5-7-9-11-12-13-14-15-16-17-18-19-23-27-31-43(52)61-35-38(64-44(53)32-28-24-20-22-26-30-40-39(65-40)29-25-21-10-8-6-4-2)36-62-68(57,58)67-69(59,60)63-37-41-45(54)46(55)47(66-41)51-34-33-42(49)50-48(51)56/h12-13,21,25,33-34,38-41,45-47,54-55H,3-11,14-20,22-24,26-32,35-37H2,1-2H3,(H,57,58)(H,59,60)(H2,49,50,56)/b13-12-,25-21-/t38-,39?,40?,41-,45-,46-,47-/m1/s1. The molecule has 2 aliphatic heterocycles. The fourth-order valence-electron chi connectivity index (χ4n) is 7.84. The third-order valence-electron chi connectivity index (χ3n) is 11.9. The van der Waals surface area contributed by atoms with Crippen molar-refractivity contribution in [3.05, 3.63) is 47.1 Å². The average Bonchev–Trinajstić information content (AvgIpc) is 3.99. The Bertz CT molecular complexity index is 1820. The van der Waals surface area contributed by atoms with Crippen molar-refractivity contribution < 1.29 is 71.0 Å². The van der Waals surface area contributed by atoms with Crippen LogP contribution in [0.25, 0.3) is 0 Å². The minimum atomic E-state index is -5.43. The van der Waals surface area contributed by atoms with Crippen LogP contribution in [0.15, 0.2) is 41.4 Å². The van der Waals surface area contributed by atoms with Crippen LogP contribution in [0, 0.1) is 0 Å². The highest BCUT2D eigenvalue weighted by Crippen LogP contribution is 2.60. The highest BCUT2D eigenvalue weighted by atomic mass is 31.3. The summed E-state index contributed by atoms with van der Waals surface area (Å²) < 4.78 is 62.6. The number of esters is 2. The molecule has 0 radical (unpaired) electrons. The predicted molar refractivity (Wildman–Crippen MR) is 261 cm³/mol. The zero-order valence-corrected chi connectivity index (χ0v) is 42.9. The Labute approximate surface area is 409 Å². The number of nitrogens with two attached hydrogens (primary N) is 1. The molecule has 2 fully saturated rings. The number of epoxide rings is 1. The zero-order valence-electron chi connectivity index (χ0n) is 41.1. The van der Waals surface area contributed by atoms with Crippen LogP contribution in [0.5, 0.6) is 0 Å². The number of unbranched alkanes of at least 4 members (excludes halogenated alkanes) is 18. The molecule has 2 saturated heterocycles. The van der Waals surface area contributed by atoms with Gasteiger partial charge < -0.3 is 44.7 Å². The molecule has 1 aromatic rings. The molecule has 0 aromatic carbocycles. The summed E-state index contributed by atoms with van der Waals surface area (Å²) >= 11 is 0. The Kier molecular flexibility index (Phi) is 30.3. The number of nitrogens with zero attached hydrogens (tertiary/aromatic N) is 2. The minimum absolute atomic E-state index is 0.0275. The number of hydrogen-bond acceptors (Lipinski definition) is 16. The monoisotopic (exact) mass is 1020 g/mol. The normalized spacial score (nSPS) is 22.5. The van der Waals surface area contributed by atoms with Gasteiger partial charge in [-0.05, 0) is 70.3 Å². The Hall–Kier alpha value is -2.80. The summed E-state index contributed by atoms with van der Waals surface area (Å²) in [6.45, 7) is 2.09. The van der Waals surface area contributed by atoms with E-state index in [-0.39, 0.29) is 18.7 Å². The first-order chi connectivity index (χ1) is 33.1. The highest BCUT2D eigenvalue weighted by Gasteiger charge is 2.46. The number of ether oxygens (including phenoxy) is 4. The number of hydrogen-bond donors (Lipinski definition) is 5. The maximum absolute atomic E-state index is 12.9. The van der Waals surface area contributed by atoms with E-state index >= 15 is 0 Å². The molecule has 21 heteroatoms. The Morgan fingerprint density at radius 3 is 1.91 bits per heavy atom. The number of phosphoric ester groups is 2. The molecule has 69 heavy (non-hydrogen) atoms. The molecule has 3 heterocycles. The number of phosphoric acid groups is 2. The lowest BCUT2D eigenvalue weighted by atomic mass is 10.1. The highest BCUT2D eigenvalue weighted by molar-refractivity contribution is 7.61. The fourth-order valence-corrected chi connectivity index (χ4v) is 9.95. The number of aromatic nitrogens is 2. The van der Waals surface area contributed by atoms with Gasteiger partial charge in [-0.2, -0.15) is 9.29 Å². The number of carbonyl (C=O) groups is 2. The van der Waals surface area contributed by atoms with Crippen molar-refractivity contribution >= 4 is 33.4 Å². The molecule has 4 unspecified atom stereocenters. The summed E-state index contributed by atoms with van der Waals surface area (Å²) in [6, 6.07) is 1.25. The molecule has 19 nitrogen and oxygen atoms in total. The molecule has 3 rings (SSSR count). The van der Waals surface area contributed by atoms with Crippen LogP contribution in [0.4, 0.5) is 5.82 Å². The van der Waals surface area contributed by atoms with E-state index in [0.717, 1.165) is 107 Å². The van der Waals surface area contributed by atoms with Crippen LogP contribution in [0.3, 0.4) is 0 Å². The minimum Gasteiger partial charge on any atom is -0.462 e. The van der Waals surface area contributed by atoms with E-state index in [4.69, 9.17) is 33.7 Å². The lowest BCUT2D eigenvalue weighted by molar-refractivity contribution is -0.161. The molecule has 0 spiro atoms. The van der Waals surface area contributed by atoms with E-state index in [0.29, 0.717) is 25.0 Å². The number of carbonyl (C=O) groups excluding carboxylic acids is 2. The number of nitrogen functional groups attached to an aromatic ring is 1. The van der Waals surface area contributed by atoms with E-state index in [9.17, 15) is 43.5 Å². The maximum Gasteiger partial charge on any atom is 0.481 e. The second kappa shape index (κ2) is 34.5.